The fraction of sp³-hybridized carbons (Fsp3) is 1.00. The molecule has 3 heteroatoms. The molecule has 1 N–H and O–H groups in total. The van der Waals surface area contributed by atoms with Gasteiger partial charge in [0.2, 0.25) is 0 Å². The van der Waals surface area contributed by atoms with Crippen LogP contribution < -0.4 is 5.32 Å². The molecule has 0 aromatic rings. The molecule has 3 nitrogen and oxygen atoms in total. The SMILES string of the molecule is CCCNC(COCCC)C1OCCC1C. The van der Waals surface area contributed by atoms with E-state index in [2.05, 4.69) is 26.1 Å². The molecule has 0 bridgehead atoms. The zero-order valence-electron chi connectivity index (χ0n) is 11.0. The van der Waals surface area contributed by atoms with Crippen molar-refractivity contribution in [2.24, 2.45) is 5.92 Å². The van der Waals surface area contributed by atoms with E-state index in [1.807, 2.05) is 0 Å². The standard InChI is InChI=1S/C13H27NO2/c1-4-7-14-12(10-15-8-5-2)13-11(3)6-9-16-13/h11-14H,4-10H2,1-3H3. The summed E-state index contributed by atoms with van der Waals surface area (Å²) in [5.41, 5.74) is 0. The molecule has 0 spiro atoms. The molecule has 0 saturated carbocycles. The van der Waals surface area contributed by atoms with Crippen molar-refractivity contribution in [2.45, 2.75) is 52.2 Å². The minimum absolute atomic E-state index is 0.336. The van der Waals surface area contributed by atoms with Crippen LogP contribution in [0.1, 0.15) is 40.0 Å². The van der Waals surface area contributed by atoms with E-state index in [1.165, 1.54) is 6.42 Å². The van der Waals surface area contributed by atoms with E-state index >= 15 is 0 Å². The predicted molar refractivity (Wildman–Crippen MR) is 66.7 cm³/mol. The van der Waals surface area contributed by atoms with Crippen molar-refractivity contribution in [3.8, 4) is 0 Å². The third-order valence-electron chi connectivity index (χ3n) is 3.14. The Morgan fingerprint density at radius 1 is 1.38 bits per heavy atom. The first-order chi connectivity index (χ1) is 7.79. The summed E-state index contributed by atoms with van der Waals surface area (Å²) in [6.45, 7) is 10.2. The Balaban J connectivity index is 2.35. The Bertz CT molecular complexity index is 175. The monoisotopic (exact) mass is 229 g/mol. The molecular formula is C13H27NO2. The zero-order chi connectivity index (χ0) is 11.8. The van der Waals surface area contributed by atoms with Gasteiger partial charge in [-0.15, -0.1) is 0 Å². The van der Waals surface area contributed by atoms with Gasteiger partial charge in [-0.3, -0.25) is 0 Å². The molecule has 3 atom stereocenters. The Morgan fingerprint density at radius 3 is 2.75 bits per heavy atom. The first-order valence-corrected chi connectivity index (χ1v) is 6.72. The third-order valence-corrected chi connectivity index (χ3v) is 3.14. The summed E-state index contributed by atoms with van der Waals surface area (Å²) < 4.78 is 11.5. The number of rotatable bonds is 8. The molecule has 1 aliphatic heterocycles. The fourth-order valence-corrected chi connectivity index (χ4v) is 2.19. The van der Waals surface area contributed by atoms with E-state index in [1.54, 1.807) is 0 Å². The minimum atomic E-state index is 0.336. The first kappa shape index (κ1) is 13.9. The second kappa shape index (κ2) is 8.04. The van der Waals surface area contributed by atoms with Crippen molar-refractivity contribution in [1.82, 2.24) is 5.32 Å². The summed E-state index contributed by atoms with van der Waals surface area (Å²) in [7, 11) is 0. The van der Waals surface area contributed by atoms with Crippen LogP contribution in [0.2, 0.25) is 0 Å². The smallest absolute Gasteiger partial charge is 0.0776 e. The molecule has 0 amide bonds. The highest BCUT2D eigenvalue weighted by molar-refractivity contribution is 4.84. The van der Waals surface area contributed by atoms with Gasteiger partial charge in [0.1, 0.15) is 0 Å². The molecule has 96 valence electrons. The lowest BCUT2D eigenvalue weighted by Crippen LogP contribution is -2.45. The Kier molecular flexibility index (Phi) is 7.01. The van der Waals surface area contributed by atoms with Crippen molar-refractivity contribution in [3.63, 3.8) is 0 Å². The van der Waals surface area contributed by atoms with E-state index in [0.717, 1.165) is 39.2 Å². The van der Waals surface area contributed by atoms with Gasteiger partial charge >= 0.3 is 0 Å². The average Bonchev–Trinajstić information content (AvgIpc) is 2.70. The maximum absolute atomic E-state index is 5.81. The van der Waals surface area contributed by atoms with Gasteiger partial charge in [-0.05, 0) is 31.7 Å². The Morgan fingerprint density at radius 2 is 2.19 bits per heavy atom. The van der Waals surface area contributed by atoms with E-state index in [9.17, 15) is 0 Å². The van der Waals surface area contributed by atoms with E-state index < -0.39 is 0 Å². The third kappa shape index (κ3) is 4.40. The van der Waals surface area contributed by atoms with Crippen LogP contribution in [0, 0.1) is 5.92 Å². The van der Waals surface area contributed by atoms with Crippen LogP contribution in [0.3, 0.4) is 0 Å². The summed E-state index contributed by atoms with van der Waals surface area (Å²) in [6, 6.07) is 0.365. The molecule has 0 radical (unpaired) electrons. The van der Waals surface area contributed by atoms with Gasteiger partial charge in [0.05, 0.1) is 18.8 Å². The number of hydrogen-bond acceptors (Lipinski definition) is 3. The minimum Gasteiger partial charge on any atom is -0.380 e. The van der Waals surface area contributed by atoms with Gasteiger partial charge in [0, 0.05) is 13.2 Å². The van der Waals surface area contributed by atoms with Crippen molar-refractivity contribution in [1.29, 1.82) is 0 Å². The van der Waals surface area contributed by atoms with Gasteiger partial charge < -0.3 is 14.8 Å². The lowest BCUT2D eigenvalue weighted by atomic mass is 9.98. The maximum atomic E-state index is 5.81. The molecule has 1 fully saturated rings. The molecule has 3 unspecified atom stereocenters. The normalized spacial score (nSPS) is 27.2. The van der Waals surface area contributed by atoms with Crippen LogP contribution in [0.4, 0.5) is 0 Å². The average molecular weight is 229 g/mol. The Hall–Kier alpha value is -0.120. The largest absolute Gasteiger partial charge is 0.380 e. The zero-order valence-corrected chi connectivity index (χ0v) is 11.0. The van der Waals surface area contributed by atoms with E-state index in [-0.39, 0.29) is 0 Å². The van der Waals surface area contributed by atoms with Crippen molar-refractivity contribution in [3.05, 3.63) is 0 Å². The summed E-state index contributed by atoms with van der Waals surface area (Å²) in [5, 5.41) is 3.55. The van der Waals surface area contributed by atoms with Gasteiger partial charge in [0.15, 0.2) is 0 Å². The first-order valence-electron chi connectivity index (χ1n) is 6.72. The fourth-order valence-electron chi connectivity index (χ4n) is 2.19. The number of ether oxygens (including phenoxy) is 2. The summed E-state index contributed by atoms with van der Waals surface area (Å²) >= 11 is 0. The molecule has 0 aliphatic carbocycles. The number of nitrogens with one attached hydrogen (secondary N) is 1. The Labute approximate surface area is 99.9 Å². The molecule has 0 aromatic carbocycles. The lowest BCUT2D eigenvalue weighted by molar-refractivity contribution is 0.0169. The highest BCUT2D eigenvalue weighted by Gasteiger charge is 2.31. The highest BCUT2D eigenvalue weighted by Crippen LogP contribution is 2.23. The van der Waals surface area contributed by atoms with Gasteiger partial charge in [-0.1, -0.05) is 20.8 Å². The van der Waals surface area contributed by atoms with E-state index in [0.29, 0.717) is 18.1 Å². The van der Waals surface area contributed by atoms with Crippen LogP contribution >= 0.6 is 0 Å². The summed E-state index contributed by atoms with van der Waals surface area (Å²) in [5.74, 6) is 0.652. The molecule has 16 heavy (non-hydrogen) atoms. The van der Waals surface area contributed by atoms with Crippen molar-refractivity contribution in [2.75, 3.05) is 26.4 Å². The highest BCUT2D eigenvalue weighted by atomic mass is 16.5. The second-order valence-corrected chi connectivity index (χ2v) is 4.74. The summed E-state index contributed by atoms with van der Waals surface area (Å²) in [4.78, 5) is 0. The predicted octanol–water partition coefficient (Wildman–Crippen LogP) is 2.21. The molecular weight excluding hydrogens is 202 g/mol. The van der Waals surface area contributed by atoms with Crippen LogP contribution in [0.5, 0.6) is 0 Å². The topological polar surface area (TPSA) is 30.5 Å². The molecule has 1 aliphatic rings. The van der Waals surface area contributed by atoms with Crippen LogP contribution in [0.15, 0.2) is 0 Å². The van der Waals surface area contributed by atoms with Crippen LogP contribution in [-0.4, -0.2) is 38.5 Å². The van der Waals surface area contributed by atoms with Crippen molar-refractivity contribution >= 4 is 0 Å². The van der Waals surface area contributed by atoms with Crippen LogP contribution in [-0.2, 0) is 9.47 Å². The number of hydrogen-bond donors (Lipinski definition) is 1. The summed E-state index contributed by atoms with van der Waals surface area (Å²) in [6.07, 6.45) is 3.76. The van der Waals surface area contributed by atoms with Crippen molar-refractivity contribution < 1.29 is 9.47 Å². The molecule has 1 rings (SSSR count). The van der Waals surface area contributed by atoms with E-state index in [4.69, 9.17) is 9.47 Å². The van der Waals surface area contributed by atoms with Gasteiger partial charge in [-0.2, -0.15) is 0 Å². The molecule has 1 saturated heterocycles. The van der Waals surface area contributed by atoms with Gasteiger partial charge in [-0.25, -0.2) is 0 Å². The maximum Gasteiger partial charge on any atom is 0.0776 e. The van der Waals surface area contributed by atoms with Gasteiger partial charge in [0.25, 0.3) is 0 Å². The molecule has 0 aromatic heterocycles. The second-order valence-electron chi connectivity index (χ2n) is 4.74. The van der Waals surface area contributed by atoms with Crippen LogP contribution in [0.25, 0.3) is 0 Å². The quantitative estimate of drug-likeness (QED) is 0.647. The lowest BCUT2D eigenvalue weighted by Gasteiger charge is -2.27. The molecule has 1 heterocycles.